The van der Waals surface area contributed by atoms with Crippen LogP contribution in [0.2, 0.25) is 0 Å². The van der Waals surface area contributed by atoms with Gasteiger partial charge in [-0.25, -0.2) is 22.8 Å². The second kappa shape index (κ2) is 8.29. The fraction of sp³-hybridized carbons (Fsp3) is 0.190. The smallest absolute Gasteiger partial charge is 0.257 e. The SMILES string of the molecule is O=C(c1cnc(-c2ccccc2)nc1)N1CCN(S(=O)(=O)c2cccc(F)c2)CC1. The van der Waals surface area contributed by atoms with Gasteiger partial charge in [0.2, 0.25) is 10.0 Å². The van der Waals surface area contributed by atoms with Gasteiger partial charge in [0, 0.05) is 44.1 Å². The van der Waals surface area contributed by atoms with Gasteiger partial charge in [-0.3, -0.25) is 4.79 Å². The molecular formula is C21H19FN4O3S. The average molecular weight is 426 g/mol. The van der Waals surface area contributed by atoms with Crippen molar-refractivity contribution in [2.24, 2.45) is 0 Å². The molecule has 30 heavy (non-hydrogen) atoms. The molecule has 2 heterocycles. The molecule has 154 valence electrons. The van der Waals surface area contributed by atoms with Crippen molar-refractivity contribution in [1.29, 1.82) is 0 Å². The van der Waals surface area contributed by atoms with Crippen molar-refractivity contribution < 1.29 is 17.6 Å². The highest BCUT2D eigenvalue weighted by Crippen LogP contribution is 2.19. The van der Waals surface area contributed by atoms with E-state index in [1.807, 2.05) is 30.3 Å². The summed E-state index contributed by atoms with van der Waals surface area (Å²) in [7, 11) is -3.80. The Kier molecular flexibility index (Phi) is 5.56. The number of piperazine rings is 1. The standard InChI is InChI=1S/C21H19FN4O3S/c22-18-7-4-8-19(13-18)30(28,29)26-11-9-25(10-12-26)21(27)17-14-23-20(24-15-17)16-5-2-1-3-6-16/h1-8,13-15H,9-12H2. The summed E-state index contributed by atoms with van der Waals surface area (Å²) in [5.41, 5.74) is 1.20. The number of hydrogen-bond donors (Lipinski definition) is 0. The van der Waals surface area contributed by atoms with Crippen LogP contribution < -0.4 is 0 Å². The molecule has 0 aliphatic carbocycles. The Labute approximate surface area is 173 Å². The first-order chi connectivity index (χ1) is 14.4. The zero-order valence-electron chi connectivity index (χ0n) is 16.0. The van der Waals surface area contributed by atoms with Crippen LogP contribution in [-0.2, 0) is 10.0 Å². The monoisotopic (exact) mass is 426 g/mol. The molecule has 0 N–H and O–H groups in total. The molecule has 3 aromatic rings. The van der Waals surface area contributed by atoms with Crippen molar-refractivity contribution in [3.05, 3.63) is 78.4 Å². The van der Waals surface area contributed by atoms with Crippen molar-refractivity contribution in [3.8, 4) is 11.4 Å². The third-order valence-electron chi connectivity index (χ3n) is 4.89. The van der Waals surface area contributed by atoms with E-state index >= 15 is 0 Å². The molecule has 1 aromatic heterocycles. The molecule has 0 radical (unpaired) electrons. The third-order valence-corrected chi connectivity index (χ3v) is 6.79. The quantitative estimate of drug-likeness (QED) is 0.640. The number of hydrogen-bond acceptors (Lipinski definition) is 5. The summed E-state index contributed by atoms with van der Waals surface area (Å²) in [6, 6.07) is 14.4. The molecule has 1 saturated heterocycles. The molecule has 0 atom stereocenters. The molecule has 0 spiro atoms. The number of sulfonamides is 1. The summed E-state index contributed by atoms with van der Waals surface area (Å²) in [5.74, 6) is -0.334. The number of carbonyl (C=O) groups excluding carboxylic acids is 1. The minimum absolute atomic E-state index is 0.0906. The molecule has 1 aliphatic rings. The molecule has 0 unspecified atom stereocenters. The Morgan fingerprint density at radius 1 is 0.900 bits per heavy atom. The maximum atomic E-state index is 13.4. The van der Waals surface area contributed by atoms with Crippen LogP contribution in [0.1, 0.15) is 10.4 Å². The molecule has 1 aliphatic heterocycles. The summed E-state index contributed by atoms with van der Waals surface area (Å²) in [5, 5.41) is 0. The van der Waals surface area contributed by atoms with Crippen molar-refractivity contribution in [3.63, 3.8) is 0 Å². The topological polar surface area (TPSA) is 83.5 Å². The number of halogens is 1. The molecule has 1 fully saturated rings. The van der Waals surface area contributed by atoms with Gasteiger partial charge >= 0.3 is 0 Å². The summed E-state index contributed by atoms with van der Waals surface area (Å²) in [6.45, 7) is 0.725. The first-order valence-corrected chi connectivity index (χ1v) is 10.8. The van der Waals surface area contributed by atoms with E-state index in [0.29, 0.717) is 11.4 Å². The minimum Gasteiger partial charge on any atom is -0.336 e. The highest BCUT2D eigenvalue weighted by molar-refractivity contribution is 7.89. The lowest BCUT2D eigenvalue weighted by Crippen LogP contribution is -2.50. The number of rotatable bonds is 4. The Hall–Kier alpha value is -3.17. The third kappa shape index (κ3) is 4.07. The first kappa shape index (κ1) is 20.1. The molecule has 9 heteroatoms. The van der Waals surface area contributed by atoms with E-state index in [9.17, 15) is 17.6 Å². The Morgan fingerprint density at radius 3 is 2.20 bits per heavy atom. The van der Waals surface area contributed by atoms with Gasteiger partial charge in [0.05, 0.1) is 10.5 Å². The highest BCUT2D eigenvalue weighted by atomic mass is 32.2. The van der Waals surface area contributed by atoms with Gasteiger partial charge in [-0.15, -0.1) is 0 Å². The van der Waals surface area contributed by atoms with E-state index < -0.39 is 15.8 Å². The maximum absolute atomic E-state index is 13.4. The number of nitrogens with zero attached hydrogens (tertiary/aromatic N) is 4. The highest BCUT2D eigenvalue weighted by Gasteiger charge is 2.30. The molecule has 7 nitrogen and oxygen atoms in total. The van der Waals surface area contributed by atoms with Crippen LogP contribution in [0.25, 0.3) is 11.4 Å². The van der Waals surface area contributed by atoms with Crippen LogP contribution in [0.15, 0.2) is 71.9 Å². The van der Waals surface area contributed by atoms with Gasteiger partial charge in [0.15, 0.2) is 5.82 Å². The molecule has 0 bridgehead atoms. The normalized spacial score (nSPS) is 15.2. The number of benzene rings is 2. The van der Waals surface area contributed by atoms with Gasteiger partial charge < -0.3 is 4.90 Å². The van der Waals surface area contributed by atoms with Crippen LogP contribution in [0.3, 0.4) is 0 Å². The first-order valence-electron chi connectivity index (χ1n) is 9.37. The predicted octanol–water partition coefficient (Wildman–Crippen LogP) is 2.43. The van der Waals surface area contributed by atoms with E-state index in [1.54, 1.807) is 4.90 Å². The van der Waals surface area contributed by atoms with Gasteiger partial charge in [-0.2, -0.15) is 4.31 Å². The zero-order valence-corrected chi connectivity index (χ0v) is 16.8. The molecular weight excluding hydrogens is 407 g/mol. The second-order valence-corrected chi connectivity index (χ2v) is 8.75. The molecule has 0 saturated carbocycles. The van der Waals surface area contributed by atoms with Gasteiger partial charge in [-0.05, 0) is 18.2 Å². The molecule has 2 aromatic carbocycles. The maximum Gasteiger partial charge on any atom is 0.257 e. The zero-order chi connectivity index (χ0) is 21.1. The van der Waals surface area contributed by atoms with E-state index in [-0.39, 0.29) is 37.0 Å². The molecule has 4 rings (SSSR count). The Balaban J connectivity index is 1.42. The van der Waals surface area contributed by atoms with Crippen LogP contribution in [0.4, 0.5) is 4.39 Å². The fourth-order valence-corrected chi connectivity index (χ4v) is 4.72. The van der Waals surface area contributed by atoms with E-state index in [1.165, 1.54) is 34.9 Å². The van der Waals surface area contributed by atoms with Gasteiger partial charge in [-0.1, -0.05) is 36.4 Å². The lowest BCUT2D eigenvalue weighted by molar-refractivity contribution is 0.0697. The van der Waals surface area contributed by atoms with E-state index in [2.05, 4.69) is 9.97 Å². The summed E-state index contributed by atoms with van der Waals surface area (Å²) >= 11 is 0. The summed E-state index contributed by atoms with van der Waals surface area (Å²) in [6.07, 6.45) is 2.96. The van der Waals surface area contributed by atoms with Gasteiger partial charge in [0.1, 0.15) is 5.82 Å². The average Bonchev–Trinajstić information content (AvgIpc) is 2.79. The van der Waals surface area contributed by atoms with Crippen LogP contribution >= 0.6 is 0 Å². The predicted molar refractivity (Wildman–Crippen MR) is 109 cm³/mol. The lowest BCUT2D eigenvalue weighted by atomic mass is 10.2. The second-order valence-electron chi connectivity index (χ2n) is 6.82. The minimum atomic E-state index is -3.80. The fourth-order valence-electron chi connectivity index (χ4n) is 3.27. The van der Waals surface area contributed by atoms with Gasteiger partial charge in [0.25, 0.3) is 5.91 Å². The Morgan fingerprint density at radius 2 is 1.57 bits per heavy atom. The van der Waals surface area contributed by atoms with E-state index in [0.717, 1.165) is 11.6 Å². The lowest BCUT2D eigenvalue weighted by Gasteiger charge is -2.34. The summed E-state index contributed by atoms with van der Waals surface area (Å²) < 4.78 is 40.1. The van der Waals surface area contributed by atoms with Crippen LogP contribution in [-0.4, -0.2) is 59.7 Å². The molecule has 1 amide bonds. The Bertz CT molecular complexity index is 1150. The van der Waals surface area contributed by atoms with Crippen molar-refractivity contribution in [2.45, 2.75) is 4.90 Å². The number of aromatic nitrogens is 2. The van der Waals surface area contributed by atoms with Crippen molar-refractivity contribution in [1.82, 2.24) is 19.2 Å². The van der Waals surface area contributed by atoms with Crippen molar-refractivity contribution in [2.75, 3.05) is 26.2 Å². The van der Waals surface area contributed by atoms with Crippen molar-refractivity contribution >= 4 is 15.9 Å². The van der Waals surface area contributed by atoms with E-state index in [4.69, 9.17) is 0 Å². The summed E-state index contributed by atoms with van der Waals surface area (Å²) in [4.78, 5) is 22.8. The number of amides is 1. The number of carbonyl (C=O) groups is 1. The van der Waals surface area contributed by atoms with Crippen LogP contribution in [0, 0.1) is 5.82 Å². The van der Waals surface area contributed by atoms with Crippen LogP contribution in [0.5, 0.6) is 0 Å². The largest absolute Gasteiger partial charge is 0.336 e.